The Bertz CT molecular complexity index is 496. The average molecular weight is 286 g/mol. The molecule has 0 saturated heterocycles. The Morgan fingerprint density at radius 1 is 1.05 bits per heavy atom. The van der Waals surface area contributed by atoms with Crippen molar-refractivity contribution in [3.8, 4) is 0 Å². The molecular weight excluding hydrogens is 264 g/mol. The van der Waals surface area contributed by atoms with Crippen molar-refractivity contribution in [1.29, 1.82) is 0 Å². The maximum atomic E-state index is 5.66. The summed E-state index contributed by atoms with van der Waals surface area (Å²) in [4.78, 5) is 1.30. The van der Waals surface area contributed by atoms with E-state index in [0.29, 0.717) is 6.04 Å². The van der Waals surface area contributed by atoms with E-state index in [9.17, 15) is 0 Å². The number of hydrogen-bond donors (Lipinski definition) is 2. The minimum atomic E-state index is 0.335. The zero-order chi connectivity index (χ0) is 14.2. The number of hydrogen-bond acceptors (Lipinski definition) is 3. The van der Waals surface area contributed by atoms with E-state index in [2.05, 4.69) is 66.9 Å². The lowest BCUT2D eigenvalue weighted by Gasteiger charge is -2.15. The quantitative estimate of drug-likeness (QED) is 0.464. The van der Waals surface area contributed by atoms with Crippen LogP contribution in [0.15, 0.2) is 59.5 Å². The van der Waals surface area contributed by atoms with Crippen molar-refractivity contribution < 1.29 is 0 Å². The van der Waals surface area contributed by atoms with Crippen molar-refractivity contribution in [2.45, 2.75) is 30.7 Å². The van der Waals surface area contributed by atoms with Gasteiger partial charge in [0.05, 0.1) is 0 Å². The maximum absolute atomic E-state index is 5.66. The number of hydrazine groups is 1. The fourth-order valence-electron chi connectivity index (χ4n) is 2.03. The molecule has 106 valence electrons. The van der Waals surface area contributed by atoms with Crippen LogP contribution in [0.2, 0.25) is 0 Å². The van der Waals surface area contributed by atoms with Crippen LogP contribution < -0.4 is 11.3 Å². The summed E-state index contributed by atoms with van der Waals surface area (Å²) in [5, 5.41) is 0. The molecule has 0 amide bonds. The Kier molecular flexibility index (Phi) is 6.12. The van der Waals surface area contributed by atoms with Gasteiger partial charge >= 0.3 is 0 Å². The maximum Gasteiger partial charge on any atom is 0.0307 e. The van der Waals surface area contributed by atoms with Gasteiger partial charge in [0.25, 0.3) is 0 Å². The number of rotatable bonds is 7. The Balaban J connectivity index is 1.79. The molecule has 0 aliphatic heterocycles. The van der Waals surface area contributed by atoms with Crippen molar-refractivity contribution >= 4 is 11.8 Å². The topological polar surface area (TPSA) is 38.0 Å². The van der Waals surface area contributed by atoms with Gasteiger partial charge in [-0.1, -0.05) is 48.0 Å². The number of nitrogens with two attached hydrogens (primary N) is 1. The fraction of sp³-hybridized carbons (Fsp3) is 0.294. The highest BCUT2D eigenvalue weighted by molar-refractivity contribution is 7.99. The van der Waals surface area contributed by atoms with Crippen LogP contribution in [0.4, 0.5) is 0 Å². The summed E-state index contributed by atoms with van der Waals surface area (Å²) in [6.07, 6.45) is 2.11. The van der Waals surface area contributed by atoms with Gasteiger partial charge in [-0.15, -0.1) is 11.8 Å². The van der Waals surface area contributed by atoms with Crippen LogP contribution in [-0.4, -0.2) is 11.8 Å². The zero-order valence-electron chi connectivity index (χ0n) is 11.9. The van der Waals surface area contributed by atoms with Gasteiger partial charge in [-0.3, -0.25) is 11.3 Å². The third kappa shape index (κ3) is 5.00. The second kappa shape index (κ2) is 8.10. The average Bonchev–Trinajstić information content (AvgIpc) is 2.50. The molecule has 1 unspecified atom stereocenters. The molecule has 2 rings (SSSR count). The largest absolute Gasteiger partial charge is 0.271 e. The second-order valence-corrected chi connectivity index (χ2v) is 6.11. The first-order chi connectivity index (χ1) is 9.78. The van der Waals surface area contributed by atoms with Crippen LogP contribution in [0.3, 0.4) is 0 Å². The Hall–Kier alpha value is -1.29. The van der Waals surface area contributed by atoms with E-state index in [1.165, 1.54) is 16.0 Å². The molecule has 0 aliphatic carbocycles. The van der Waals surface area contributed by atoms with E-state index < -0.39 is 0 Å². The Labute approximate surface area is 125 Å². The highest BCUT2D eigenvalue weighted by Gasteiger charge is 2.07. The third-order valence-electron chi connectivity index (χ3n) is 3.33. The summed E-state index contributed by atoms with van der Waals surface area (Å²) < 4.78 is 0. The van der Waals surface area contributed by atoms with Crippen LogP contribution in [0.5, 0.6) is 0 Å². The molecule has 2 aromatic rings. The summed E-state index contributed by atoms with van der Waals surface area (Å²) in [5.74, 6) is 6.65. The zero-order valence-corrected chi connectivity index (χ0v) is 12.7. The SMILES string of the molecule is Cc1ccc(SCC(CCc2ccccc2)NN)cc1. The van der Waals surface area contributed by atoms with Crippen LogP contribution >= 0.6 is 11.8 Å². The van der Waals surface area contributed by atoms with E-state index >= 15 is 0 Å². The molecule has 0 aliphatic rings. The molecule has 3 N–H and O–H groups in total. The Morgan fingerprint density at radius 2 is 1.75 bits per heavy atom. The molecule has 0 fully saturated rings. The van der Waals surface area contributed by atoms with Crippen molar-refractivity contribution in [2.75, 3.05) is 5.75 Å². The molecule has 20 heavy (non-hydrogen) atoms. The van der Waals surface area contributed by atoms with Gasteiger partial charge in [-0.25, -0.2) is 0 Å². The smallest absolute Gasteiger partial charge is 0.0307 e. The van der Waals surface area contributed by atoms with Gasteiger partial charge in [0, 0.05) is 16.7 Å². The lowest BCUT2D eigenvalue weighted by Crippen LogP contribution is -2.37. The monoisotopic (exact) mass is 286 g/mol. The van der Waals surface area contributed by atoms with E-state index in [0.717, 1.165) is 18.6 Å². The van der Waals surface area contributed by atoms with Crippen molar-refractivity contribution in [3.63, 3.8) is 0 Å². The molecule has 1 atom stereocenters. The molecule has 0 heterocycles. The van der Waals surface area contributed by atoms with E-state index in [4.69, 9.17) is 5.84 Å². The molecule has 0 saturated carbocycles. The summed E-state index contributed by atoms with van der Waals surface area (Å²) >= 11 is 1.85. The molecular formula is C17H22N2S. The third-order valence-corrected chi connectivity index (χ3v) is 4.51. The lowest BCUT2D eigenvalue weighted by atomic mass is 10.1. The first-order valence-electron chi connectivity index (χ1n) is 6.97. The normalized spacial score (nSPS) is 12.3. The van der Waals surface area contributed by atoms with Crippen LogP contribution in [-0.2, 0) is 6.42 Å². The molecule has 2 nitrogen and oxygen atoms in total. The van der Waals surface area contributed by atoms with E-state index in [1.54, 1.807) is 0 Å². The standard InChI is InChI=1S/C17H22N2S/c1-14-7-11-17(12-8-14)20-13-16(19-18)10-9-15-5-3-2-4-6-15/h2-8,11-12,16,19H,9-10,13,18H2,1H3. The van der Waals surface area contributed by atoms with Gasteiger partial charge in [0.2, 0.25) is 0 Å². The fourth-order valence-corrected chi connectivity index (χ4v) is 3.02. The van der Waals surface area contributed by atoms with E-state index in [1.807, 2.05) is 11.8 Å². The van der Waals surface area contributed by atoms with Crippen molar-refractivity contribution in [1.82, 2.24) is 5.43 Å². The highest BCUT2D eigenvalue weighted by atomic mass is 32.2. The highest BCUT2D eigenvalue weighted by Crippen LogP contribution is 2.20. The first-order valence-corrected chi connectivity index (χ1v) is 7.96. The number of benzene rings is 2. The van der Waals surface area contributed by atoms with Crippen LogP contribution in [0, 0.1) is 6.92 Å². The van der Waals surface area contributed by atoms with E-state index in [-0.39, 0.29) is 0 Å². The first kappa shape index (κ1) is 15.1. The van der Waals surface area contributed by atoms with Gasteiger partial charge in [-0.05, 0) is 37.5 Å². The molecule has 0 aromatic heterocycles. The minimum Gasteiger partial charge on any atom is -0.271 e. The summed E-state index contributed by atoms with van der Waals surface area (Å²) in [5.41, 5.74) is 5.60. The summed E-state index contributed by atoms with van der Waals surface area (Å²) in [7, 11) is 0. The van der Waals surface area contributed by atoms with Crippen LogP contribution in [0.25, 0.3) is 0 Å². The molecule has 2 aromatic carbocycles. The van der Waals surface area contributed by atoms with Gasteiger partial charge in [0.1, 0.15) is 0 Å². The summed E-state index contributed by atoms with van der Waals surface area (Å²) in [6, 6.07) is 19.5. The number of nitrogens with one attached hydrogen (secondary N) is 1. The predicted molar refractivity (Wildman–Crippen MR) is 87.8 cm³/mol. The number of aryl methyl sites for hydroxylation is 2. The molecule has 0 spiro atoms. The van der Waals surface area contributed by atoms with Crippen molar-refractivity contribution in [3.05, 3.63) is 65.7 Å². The van der Waals surface area contributed by atoms with Gasteiger partial charge < -0.3 is 0 Å². The van der Waals surface area contributed by atoms with Gasteiger partial charge in [0.15, 0.2) is 0 Å². The van der Waals surface area contributed by atoms with Crippen molar-refractivity contribution in [2.24, 2.45) is 5.84 Å². The second-order valence-electron chi connectivity index (χ2n) is 5.01. The molecule has 0 bridgehead atoms. The molecule has 3 heteroatoms. The minimum absolute atomic E-state index is 0.335. The van der Waals surface area contributed by atoms with Gasteiger partial charge in [-0.2, -0.15) is 0 Å². The summed E-state index contributed by atoms with van der Waals surface area (Å²) in [6.45, 7) is 2.11. The predicted octanol–water partition coefficient (Wildman–Crippen LogP) is 3.55. The van der Waals surface area contributed by atoms with Crippen LogP contribution in [0.1, 0.15) is 17.5 Å². The number of thioether (sulfide) groups is 1. The lowest BCUT2D eigenvalue weighted by molar-refractivity contribution is 0.539. The Morgan fingerprint density at radius 3 is 2.40 bits per heavy atom. The molecule has 0 radical (unpaired) electrons.